The molecule has 3 unspecified atom stereocenters. The molecule has 5 rings (SSSR count). The number of anilines is 2. The molecule has 0 aliphatic carbocycles. The summed E-state index contributed by atoms with van der Waals surface area (Å²) >= 11 is 0. The summed E-state index contributed by atoms with van der Waals surface area (Å²) in [5.74, 6) is -0.720. The third-order valence-corrected chi connectivity index (χ3v) is 7.71. The number of hydrogen-bond donors (Lipinski definition) is 3. The van der Waals surface area contributed by atoms with E-state index in [9.17, 15) is 19.5 Å². The second-order valence-corrected chi connectivity index (χ2v) is 10.8. The topological polar surface area (TPSA) is 124 Å². The molecule has 1 aliphatic rings. The van der Waals surface area contributed by atoms with E-state index in [2.05, 4.69) is 15.6 Å². The molecule has 3 aromatic carbocycles. The van der Waals surface area contributed by atoms with Crippen molar-refractivity contribution in [3.05, 3.63) is 96.3 Å². The molecule has 0 radical (unpaired) electrons. The number of hydrogen-bond acceptors (Lipinski definition) is 6. The smallest absolute Gasteiger partial charge is 0.321 e. The first-order valence-corrected chi connectivity index (χ1v) is 14.2. The Balaban J connectivity index is 1.44. The van der Waals surface area contributed by atoms with Gasteiger partial charge in [-0.3, -0.25) is 14.6 Å². The Morgan fingerprint density at radius 2 is 1.72 bits per heavy atom. The van der Waals surface area contributed by atoms with Crippen molar-refractivity contribution in [3.8, 4) is 5.75 Å². The summed E-state index contributed by atoms with van der Waals surface area (Å²) in [5.41, 5.74) is 1.68. The van der Waals surface area contributed by atoms with E-state index < -0.39 is 12.1 Å². The molecule has 4 amide bonds. The lowest BCUT2D eigenvalue weighted by Crippen LogP contribution is -2.50. The molecule has 0 bridgehead atoms. The van der Waals surface area contributed by atoms with Gasteiger partial charge in [0.1, 0.15) is 6.10 Å². The largest absolute Gasteiger partial charge is 0.485 e. The fourth-order valence-corrected chi connectivity index (χ4v) is 5.16. The van der Waals surface area contributed by atoms with Crippen LogP contribution in [0.3, 0.4) is 0 Å². The maximum absolute atomic E-state index is 13.7. The number of aliphatic hydroxyl groups excluding tert-OH is 1. The summed E-state index contributed by atoms with van der Waals surface area (Å²) < 4.78 is 6.53. The lowest BCUT2D eigenvalue weighted by atomic mass is 9.99. The second-order valence-electron chi connectivity index (χ2n) is 10.8. The van der Waals surface area contributed by atoms with Crippen molar-refractivity contribution in [2.45, 2.75) is 26.0 Å². The molecular weight excluding hydrogens is 546 g/mol. The summed E-state index contributed by atoms with van der Waals surface area (Å²) in [6.07, 6.45) is 2.49. The zero-order valence-corrected chi connectivity index (χ0v) is 24.4. The number of amides is 4. The van der Waals surface area contributed by atoms with Gasteiger partial charge in [-0.15, -0.1) is 0 Å². The van der Waals surface area contributed by atoms with Crippen molar-refractivity contribution in [1.82, 2.24) is 14.8 Å². The molecule has 10 nitrogen and oxygen atoms in total. The minimum atomic E-state index is -0.553. The van der Waals surface area contributed by atoms with Gasteiger partial charge in [0.15, 0.2) is 5.75 Å². The van der Waals surface area contributed by atoms with Crippen LogP contribution in [0.1, 0.15) is 34.6 Å². The third-order valence-electron chi connectivity index (χ3n) is 7.71. The number of fused-ring (bicyclic) bond motifs is 2. The standard InChI is InChI=1S/C33H35N5O5/c1-21-18-38(22(2)20-39)32(41)26-11-7-13-28(35-31(40)24-14-16-34-17-15-24)30(26)43-29(21)19-37(3)33(42)36-27-12-6-9-23-8-4-5-10-25(23)27/h4-17,21-22,29,39H,18-20H2,1-3H3,(H,35,40)(H,36,42). The van der Waals surface area contributed by atoms with Gasteiger partial charge < -0.3 is 30.3 Å². The van der Waals surface area contributed by atoms with E-state index in [0.29, 0.717) is 23.5 Å². The molecule has 0 saturated heterocycles. The molecule has 1 aliphatic heterocycles. The summed E-state index contributed by atoms with van der Waals surface area (Å²) in [6, 6.07) is 21.0. The normalized spacial score (nSPS) is 17.2. The number of likely N-dealkylation sites (N-methyl/N-ethyl adjacent to an activating group) is 1. The van der Waals surface area contributed by atoms with E-state index in [4.69, 9.17) is 4.74 Å². The highest BCUT2D eigenvalue weighted by Crippen LogP contribution is 2.35. The number of urea groups is 1. The van der Waals surface area contributed by atoms with Crippen molar-refractivity contribution >= 4 is 40.0 Å². The van der Waals surface area contributed by atoms with Gasteiger partial charge in [0.05, 0.1) is 36.1 Å². The number of benzene rings is 3. The van der Waals surface area contributed by atoms with Crippen LogP contribution in [-0.4, -0.2) is 76.6 Å². The van der Waals surface area contributed by atoms with Gasteiger partial charge in [0.2, 0.25) is 0 Å². The quantitative estimate of drug-likeness (QED) is 0.286. The lowest BCUT2D eigenvalue weighted by Gasteiger charge is -2.38. The number of carbonyl (C=O) groups excluding carboxylic acids is 3. The molecule has 10 heteroatoms. The van der Waals surface area contributed by atoms with Crippen LogP contribution in [0, 0.1) is 5.92 Å². The summed E-state index contributed by atoms with van der Waals surface area (Å²) in [5, 5.41) is 17.8. The van der Waals surface area contributed by atoms with E-state index in [1.807, 2.05) is 49.4 Å². The zero-order chi connectivity index (χ0) is 30.5. The molecule has 0 fully saturated rings. The van der Waals surface area contributed by atoms with Gasteiger partial charge in [-0.25, -0.2) is 4.79 Å². The Kier molecular flexibility index (Phi) is 8.87. The fourth-order valence-electron chi connectivity index (χ4n) is 5.16. The van der Waals surface area contributed by atoms with Gasteiger partial charge in [0, 0.05) is 42.9 Å². The van der Waals surface area contributed by atoms with Crippen molar-refractivity contribution in [1.29, 1.82) is 0 Å². The van der Waals surface area contributed by atoms with Crippen molar-refractivity contribution in [3.63, 3.8) is 0 Å². The van der Waals surface area contributed by atoms with E-state index in [0.717, 1.165) is 10.8 Å². The number of carbonyl (C=O) groups is 3. The molecule has 4 aromatic rings. The Bertz CT molecular complexity index is 1620. The highest BCUT2D eigenvalue weighted by Gasteiger charge is 2.35. The van der Waals surface area contributed by atoms with Crippen molar-refractivity contribution < 1.29 is 24.2 Å². The highest BCUT2D eigenvalue weighted by molar-refractivity contribution is 6.07. The summed E-state index contributed by atoms with van der Waals surface area (Å²) in [7, 11) is 1.69. The first-order chi connectivity index (χ1) is 20.8. The maximum Gasteiger partial charge on any atom is 0.321 e. The van der Waals surface area contributed by atoms with E-state index >= 15 is 0 Å². The number of aromatic nitrogens is 1. The van der Waals surface area contributed by atoms with Crippen LogP contribution >= 0.6 is 0 Å². The van der Waals surface area contributed by atoms with Crippen LogP contribution in [-0.2, 0) is 0 Å². The minimum absolute atomic E-state index is 0.194. The van der Waals surface area contributed by atoms with Crippen LogP contribution < -0.4 is 15.4 Å². The summed E-state index contributed by atoms with van der Waals surface area (Å²) in [4.78, 5) is 47.3. The number of para-hydroxylation sites is 1. The molecule has 3 atom stereocenters. The molecule has 1 aromatic heterocycles. The molecule has 0 saturated carbocycles. The van der Waals surface area contributed by atoms with Crippen molar-refractivity contribution in [2.24, 2.45) is 5.92 Å². The Labute approximate surface area is 250 Å². The Morgan fingerprint density at radius 1 is 1.02 bits per heavy atom. The highest BCUT2D eigenvalue weighted by atomic mass is 16.5. The van der Waals surface area contributed by atoms with E-state index in [1.54, 1.807) is 54.1 Å². The SMILES string of the molecule is CC1CN(C(C)CO)C(=O)c2cccc(NC(=O)c3ccncc3)c2OC1CN(C)C(=O)Nc1cccc2ccccc12. The molecule has 222 valence electrons. The number of ether oxygens (including phenoxy) is 1. The van der Waals surface area contributed by atoms with Crippen LogP contribution in [0.5, 0.6) is 5.75 Å². The van der Waals surface area contributed by atoms with Gasteiger partial charge in [-0.05, 0) is 42.6 Å². The number of nitrogens with zero attached hydrogens (tertiary/aromatic N) is 3. The molecule has 0 spiro atoms. The number of nitrogens with one attached hydrogen (secondary N) is 2. The average Bonchev–Trinajstić information content (AvgIpc) is 3.03. The fraction of sp³-hybridized carbons (Fsp3) is 0.273. The predicted octanol–water partition coefficient (Wildman–Crippen LogP) is 4.87. The number of aliphatic hydroxyl groups is 1. The number of pyridine rings is 1. The molecule has 2 heterocycles. The van der Waals surface area contributed by atoms with Crippen LogP contribution in [0.4, 0.5) is 16.2 Å². The van der Waals surface area contributed by atoms with Gasteiger partial charge in [0.25, 0.3) is 11.8 Å². The summed E-state index contributed by atoms with van der Waals surface area (Å²) in [6.45, 7) is 4.00. The average molecular weight is 582 g/mol. The van der Waals surface area contributed by atoms with Crippen LogP contribution in [0.15, 0.2) is 85.2 Å². The van der Waals surface area contributed by atoms with Crippen LogP contribution in [0.2, 0.25) is 0 Å². The Hall–Kier alpha value is -4.96. The second kappa shape index (κ2) is 12.9. The minimum Gasteiger partial charge on any atom is -0.485 e. The third kappa shape index (κ3) is 6.44. The van der Waals surface area contributed by atoms with E-state index in [1.165, 1.54) is 12.4 Å². The van der Waals surface area contributed by atoms with Gasteiger partial charge in [-0.2, -0.15) is 0 Å². The molecular formula is C33H35N5O5. The Morgan fingerprint density at radius 3 is 2.49 bits per heavy atom. The first-order valence-electron chi connectivity index (χ1n) is 14.2. The van der Waals surface area contributed by atoms with Crippen molar-refractivity contribution in [2.75, 3.05) is 37.4 Å². The van der Waals surface area contributed by atoms with Gasteiger partial charge >= 0.3 is 6.03 Å². The maximum atomic E-state index is 13.7. The number of rotatable bonds is 7. The van der Waals surface area contributed by atoms with E-state index in [-0.39, 0.29) is 48.2 Å². The first kappa shape index (κ1) is 29.5. The lowest BCUT2D eigenvalue weighted by molar-refractivity contribution is 0.0372. The molecule has 43 heavy (non-hydrogen) atoms. The van der Waals surface area contributed by atoms with Gasteiger partial charge in [-0.1, -0.05) is 49.4 Å². The monoisotopic (exact) mass is 581 g/mol. The zero-order valence-electron chi connectivity index (χ0n) is 24.4. The molecule has 3 N–H and O–H groups in total. The van der Waals surface area contributed by atoms with Crippen LogP contribution in [0.25, 0.3) is 10.8 Å². The predicted molar refractivity (Wildman–Crippen MR) is 165 cm³/mol.